The molecular formula is C12H13F3N2O2. The van der Waals surface area contributed by atoms with Gasteiger partial charge in [-0.1, -0.05) is 6.42 Å². The second-order valence-electron chi connectivity index (χ2n) is 4.58. The quantitative estimate of drug-likeness (QED) is 0.766. The van der Waals surface area contributed by atoms with Gasteiger partial charge >= 0.3 is 6.18 Å². The molecule has 0 saturated heterocycles. The van der Waals surface area contributed by atoms with Gasteiger partial charge < -0.3 is 10.7 Å². The minimum Gasteiger partial charge on any atom is -0.365 e. The molecule has 1 amide bonds. The van der Waals surface area contributed by atoms with Crippen LogP contribution in [0.15, 0.2) is 4.79 Å². The molecule has 0 fully saturated rings. The van der Waals surface area contributed by atoms with Crippen molar-refractivity contribution in [3.63, 3.8) is 0 Å². The van der Waals surface area contributed by atoms with Crippen LogP contribution in [0.25, 0.3) is 0 Å². The summed E-state index contributed by atoms with van der Waals surface area (Å²) in [5.74, 6) is -0.979. The molecule has 0 radical (unpaired) electrons. The Labute approximate surface area is 106 Å². The van der Waals surface area contributed by atoms with Crippen LogP contribution in [0.4, 0.5) is 13.2 Å². The summed E-state index contributed by atoms with van der Waals surface area (Å²) < 4.78 is 38.8. The number of aromatic nitrogens is 1. The van der Waals surface area contributed by atoms with E-state index >= 15 is 0 Å². The van der Waals surface area contributed by atoms with Crippen LogP contribution in [0.1, 0.15) is 46.4 Å². The Bertz CT molecular complexity index is 576. The summed E-state index contributed by atoms with van der Waals surface area (Å²) in [6, 6.07) is 0. The van der Waals surface area contributed by atoms with Crippen LogP contribution in [0.5, 0.6) is 0 Å². The molecule has 1 aromatic rings. The molecule has 0 aromatic carbocycles. The third kappa shape index (κ3) is 2.50. The summed E-state index contributed by atoms with van der Waals surface area (Å²) in [4.78, 5) is 24.7. The van der Waals surface area contributed by atoms with Gasteiger partial charge in [-0.2, -0.15) is 13.2 Å². The highest BCUT2D eigenvalue weighted by Gasteiger charge is 2.37. The van der Waals surface area contributed by atoms with Crippen molar-refractivity contribution in [3.05, 3.63) is 32.7 Å². The number of carbonyl (C=O) groups is 1. The van der Waals surface area contributed by atoms with E-state index in [2.05, 4.69) is 0 Å². The number of aromatic amines is 1. The van der Waals surface area contributed by atoms with Gasteiger partial charge in [-0.05, 0) is 36.8 Å². The predicted molar refractivity (Wildman–Crippen MR) is 61.8 cm³/mol. The molecule has 0 atom stereocenters. The monoisotopic (exact) mass is 274 g/mol. The molecule has 0 unspecified atom stereocenters. The summed E-state index contributed by atoms with van der Waals surface area (Å²) in [5.41, 5.74) is 2.86. The number of carbonyl (C=O) groups excluding carboxylic acids is 1. The lowest BCUT2D eigenvalue weighted by Crippen LogP contribution is -2.30. The molecule has 2 rings (SSSR count). The Hall–Kier alpha value is -1.79. The molecule has 7 heteroatoms. The number of halogens is 3. The van der Waals surface area contributed by atoms with Gasteiger partial charge in [-0.15, -0.1) is 0 Å². The lowest BCUT2D eigenvalue weighted by Gasteiger charge is -2.16. The number of pyridine rings is 1. The second-order valence-corrected chi connectivity index (χ2v) is 4.58. The molecule has 3 N–H and O–H groups in total. The van der Waals surface area contributed by atoms with Crippen molar-refractivity contribution in [2.75, 3.05) is 0 Å². The topological polar surface area (TPSA) is 76.0 Å². The lowest BCUT2D eigenvalue weighted by atomic mass is 9.96. The van der Waals surface area contributed by atoms with E-state index in [-0.39, 0.29) is 29.5 Å². The average molecular weight is 274 g/mol. The first-order chi connectivity index (χ1) is 8.82. The van der Waals surface area contributed by atoms with E-state index in [1.807, 2.05) is 0 Å². The number of alkyl halides is 3. The van der Waals surface area contributed by atoms with Gasteiger partial charge in [-0.3, -0.25) is 9.59 Å². The Balaban J connectivity index is 2.78. The zero-order valence-corrected chi connectivity index (χ0v) is 10.1. The van der Waals surface area contributed by atoms with Crippen molar-refractivity contribution in [3.8, 4) is 0 Å². The van der Waals surface area contributed by atoms with E-state index in [0.29, 0.717) is 12.8 Å². The average Bonchev–Trinajstić information content (AvgIpc) is 2.51. The third-order valence-electron chi connectivity index (χ3n) is 3.32. The maximum atomic E-state index is 12.9. The van der Waals surface area contributed by atoms with Crippen molar-refractivity contribution in [2.45, 2.75) is 38.3 Å². The van der Waals surface area contributed by atoms with Gasteiger partial charge in [0.1, 0.15) is 11.3 Å². The normalized spacial score (nSPS) is 15.7. The molecule has 0 saturated carbocycles. The molecule has 0 spiro atoms. The Morgan fingerprint density at radius 2 is 1.68 bits per heavy atom. The van der Waals surface area contributed by atoms with Crippen molar-refractivity contribution >= 4 is 5.91 Å². The highest BCUT2D eigenvalue weighted by Crippen LogP contribution is 2.34. The van der Waals surface area contributed by atoms with Gasteiger partial charge in [0, 0.05) is 0 Å². The first-order valence-corrected chi connectivity index (χ1v) is 5.97. The molecule has 1 aliphatic carbocycles. The fourth-order valence-corrected chi connectivity index (χ4v) is 2.52. The van der Waals surface area contributed by atoms with Crippen LogP contribution in [-0.4, -0.2) is 10.9 Å². The molecule has 1 aliphatic rings. The van der Waals surface area contributed by atoms with E-state index in [9.17, 15) is 22.8 Å². The number of fused-ring (bicyclic) bond motifs is 1. The number of H-pyrrole nitrogens is 1. The van der Waals surface area contributed by atoms with E-state index in [1.54, 1.807) is 4.98 Å². The summed E-state index contributed by atoms with van der Waals surface area (Å²) >= 11 is 0. The second kappa shape index (κ2) is 4.71. The predicted octanol–water partition coefficient (Wildman–Crippen LogP) is 1.76. The third-order valence-corrected chi connectivity index (χ3v) is 3.32. The number of hydrogen-bond donors (Lipinski definition) is 2. The summed E-state index contributed by atoms with van der Waals surface area (Å²) in [7, 11) is 0. The largest absolute Gasteiger partial charge is 0.431 e. The zero-order chi connectivity index (χ0) is 14.2. The summed E-state index contributed by atoms with van der Waals surface area (Å²) in [6.45, 7) is 0. The number of hydrogen-bond acceptors (Lipinski definition) is 2. The van der Waals surface area contributed by atoms with Gasteiger partial charge in [-0.25, -0.2) is 0 Å². The van der Waals surface area contributed by atoms with Gasteiger partial charge in [0.15, 0.2) is 0 Å². The Morgan fingerprint density at radius 3 is 2.21 bits per heavy atom. The van der Waals surface area contributed by atoms with Crippen molar-refractivity contribution in [1.29, 1.82) is 0 Å². The van der Waals surface area contributed by atoms with Crippen LogP contribution in [0.2, 0.25) is 0 Å². The number of nitrogens with one attached hydrogen (secondary N) is 1. The van der Waals surface area contributed by atoms with Crippen LogP contribution < -0.4 is 11.3 Å². The maximum absolute atomic E-state index is 12.9. The number of rotatable bonds is 1. The Kier molecular flexibility index (Phi) is 3.38. The lowest BCUT2D eigenvalue weighted by molar-refractivity contribution is -0.142. The zero-order valence-electron chi connectivity index (χ0n) is 10.1. The summed E-state index contributed by atoms with van der Waals surface area (Å²) in [6.07, 6.45) is -2.15. The molecule has 19 heavy (non-hydrogen) atoms. The standard InChI is InChI=1S/C12H13F3N2O2/c13-12(14,15)9-7-5-3-1-2-4-6(7)8(10(16)18)11(19)17-9/h1-5H2,(H2,16,18)(H,17,19). The van der Waals surface area contributed by atoms with Crippen LogP contribution in [-0.2, 0) is 19.0 Å². The highest BCUT2D eigenvalue weighted by molar-refractivity contribution is 5.94. The van der Waals surface area contributed by atoms with Crippen LogP contribution in [0, 0.1) is 0 Å². The van der Waals surface area contributed by atoms with Gasteiger partial charge in [0.2, 0.25) is 0 Å². The van der Waals surface area contributed by atoms with Crippen LogP contribution >= 0.6 is 0 Å². The minimum atomic E-state index is -4.64. The van der Waals surface area contributed by atoms with Crippen molar-refractivity contribution in [2.24, 2.45) is 5.73 Å². The molecule has 104 valence electrons. The summed E-state index contributed by atoms with van der Waals surface area (Å²) in [5, 5.41) is 0. The number of amides is 1. The SMILES string of the molecule is NC(=O)c1c2c(c(C(F)(F)F)[nH]c1=O)CCCCC2. The smallest absolute Gasteiger partial charge is 0.365 e. The van der Waals surface area contributed by atoms with E-state index < -0.39 is 23.3 Å². The molecule has 1 aromatic heterocycles. The number of nitrogens with two attached hydrogens (primary N) is 1. The Morgan fingerprint density at radius 1 is 1.11 bits per heavy atom. The fraction of sp³-hybridized carbons (Fsp3) is 0.500. The first-order valence-electron chi connectivity index (χ1n) is 5.97. The van der Waals surface area contributed by atoms with Gasteiger partial charge in [0.05, 0.1) is 0 Å². The molecule has 0 bridgehead atoms. The highest BCUT2D eigenvalue weighted by atomic mass is 19.4. The van der Waals surface area contributed by atoms with E-state index in [0.717, 1.165) is 6.42 Å². The first kappa shape index (κ1) is 13.6. The minimum absolute atomic E-state index is 0.0124. The van der Waals surface area contributed by atoms with Crippen molar-refractivity contribution in [1.82, 2.24) is 4.98 Å². The number of primary amides is 1. The van der Waals surface area contributed by atoms with E-state index in [4.69, 9.17) is 5.73 Å². The van der Waals surface area contributed by atoms with Crippen LogP contribution in [0.3, 0.4) is 0 Å². The van der Waals surface area contributed by atoms with Gasteiger partial charge in [0.25, 0.3) is 11.5 Å². The van der Waals surface area contributed by atoms with Crippen molar-refractivity contribution < 1.29 is 18.0 Å². The molecule has 4 nitrogen and oxygen atoms in total. The maximum Gasteiger partial charge on any atom is 0.431 e. The molecule has 1 heterocycles. The van der Waals surface area contributed by atoms with E-state index in [1.165, 1.54) is 0 Å². The fourth-order valence-electron chi connectivity index (χ4n) is 2.52. The molecular weight excluding hydrogens is 261 g/mol. The molecule has 0 aliphatic heterocycles.